The standard InChI is InChI=1S/C23H25ClN2O3/c1-16-15-18(24)8-9-20(16)28-14-4-7-22(27)26-12-10-17(11-13-26)23-25-19-5-2-3-6-21(19)29-23/h2-3,5-6,8-9,15,17H,4,7,10-14H2,1H3. The maximum atomic E-state index is 12.5. The number of hydrogen-bond acceptors (Lipinski definition) is 4. The number of fused-ring (bicyclic) bond motifs is 1. The van der Waals surface area contributed by atoms with Crippen molar-refractivity contribution in [3.8, 4) is 5.75 Å². The van der Waals surface area contributed by atoms with Crippen LogP contribution in [0.25, 0.3) is 11.1 Å². The lowest BCUT2D eigenvalue weighted by atomic mass is 9.96. The predicted molar refractivity (Wildman–Crippen MR) is 113 cm³/mol. The third-order valence-electron chi connectivity index (χ3n) is 5.44. The van der Waals surface area contributed by atoms with Gasteiger partial charge in [0, 0.05) is 30.5 Å². The van der Waals surface area contributed by atoms with Gasteiger partial charge in [-0.2, -0.15) is 0 Å². The number of rotatable bonds is 6. The van der Waals surface area contributed by atoms with Crippen LogP contribution >= 0.6 is 11.6 Å². The number of benzene rings is 2. The summed E-state index contributed by atoms with van der Waals surface area (Å²) in [5.74, 6) is 2.09. The molecule has 0 atom stereocenters. The number of halogens is 1. The molecule has 5 nitrogen and oxygen atoms in total. The maximum absolute atomic E-state index is 12.5. The average molecular weight is 413 g/mol. The van der Waals surface area contributed by atoms with E-state index in [0.29, 0.717) is 24.5 Å². The smallest absolute Gasteiger partial charge is 0.222 e. The van der Waals surface area contributed by atoms with Gasteiger partial charge in [0.25, 0.3) is 0 Å². The van der Waals surface area contributed by atoms with Crippen molar-refractivity contribution < 1.29 is 13.9 Å². The van der Waals surface area contributed by atoms with Gasteiger partial charge in [-0.05, 0) is 62.1 Å². The van der Waals surface area contributed by atoms with E-state index in [1.54, 1.807) is 0 Å². The van der Waals surface area contributed by atoms with Crippen LogP contribution in [0.15, 0.2) is 46.9 Å². The molecule has 1 aromatic heterocycles. The van der Waals surface area contributed by atoms with Crippen LogP contribution in [0.3, 0.4) is 0 Å². The number of nitrogens with zero attached hydrogens (tertiary/aromatic N) is 2. The topological polar surface area (TPSA) is 55.6 Å². The van der Waals surface area contributed by atoms with E-state index >= 15 is 0 Å². The highest BCUT2D eigenvalue weighted by molar-refractivity contribution is 6.30. The van der Waals surface area contributed by atoms with E-state index in [0.717, 1.165) is 54.2 Å². The number of ether oxygens (including phenoxy) is 1. The van der Waals surface area contributed by atoms with E-state index in [4.69, 9.17) is 20.8 Å². The Morgan fingerprint density at radius 1 is 1.24 bits per heavy atom. The summed E-state index contributed by atoms with van der Waals surface area (Å²) in [6, 6.07) is 13.4. The van der Waals surface area contributed by atoms with Gasteiger partial charge in [-0.1, -0.05) is 23.7 Å². The summed E-state index contributed by atoms with van der Waals surface area (Å²) in [4.78, 5) is 19.1. The minimum atomic E-state index is 0.192. The Hall–Kier alpha value is -2.53. The number of aryl methyl sites for hydroxylation is 1. The molecule has 1 aliphatic rings. The Labute approximate surface area is 175 Å². The molecule has 0 unspecified atom stereocenters. The summed E-state index contributed by atoms with van der Waals surface area (Å²) in [7, 11) is 0. The first kappa shape index (κ1) is 19.8. The highest BCUT2D eigenvalue weighted by atomic mass is 35.5. The van der Waals surface area contributed by atoms with Crippen LogP contribution in [0.4, 0.5) is 0 Å². The largest absolute Gasteiger partial charge is 0.493 e. The van der Waals surface area contributed by atoms with Gasteiger partial charge in [0.2, 0.25) is 5.91 Å². The molecule has 0 saturated carbocycles. The van der Waals surface area contributed by atoms with Gasteiger partial charge in [-0.25, -0.2) is 4.98 Å². The van der Waals surface area contributed by atoms with Gasteiger partial charge in [-0.15, -0.1) is 0 Å². The molecule has 0 N–H and O–H groups in total. The molecule has 1 aliphatic heterocycles. The molecule has 3 aromatic rings. The van der Waals surface area contributed by atoms with E-state index in [2.05, 4.69) is 4.98 Å². The molecule has 6 heteroatoms. The average Bonchev–Trinajstić information content (AvgIpc) is 3.17. The molecule has 0 bridgehead atoms. The molecule has 1 fully saturated rings. The molecule has 0 spiro atoms. The first-order valence-electron chi connectivity index (χ1n) is 10.1. The van der Waals surface area contributed by atoms with Gasteiger partial charge in [-0.3, -0.25) is 4.79 Å². The van der Waals surface area contributed by atoms with Crippen molar-refractivity contribution in [2.45, 2.75) is 38.5 Å². The lowest BCUT2D eigenvalue weighted by Gasteiger charge is -2.30. The molecule has 4 rings (SSSR count). The Balaban J connectivity index is 1.21. The Morgan fingerprint density at radius 3 is 2.79 bits per heavy atom. The van der Waals surface area contributed by atoms with Crippen LogP contribution < -0.4 is 4.74 Å². The fourth-order valence-electron chi connectivity index (χ4n) is 3.78. The van der Waals surface area contributed by atoms with Gasteiger partial charge in [0.15, 0.2) is 11.5 Å². The van der Waals surface area contributed by atoms with Crippen LogP contribution in [0.1, 0.15) is 43.1 Å². The van der Waals surface area contributed by atoms with E-state index in [1.807, 2.05) is 54.3 Å². The Morgan fingerprint density at radius 2 is 2.03 bits per heavy atom. The number of carbonyl (C=O) groups excluding carboxylic acids is 1. The first-order chi connectivity index (χ1) is 14.1. The monoisotopic (exact) mass is 412 g/mol. The highest BCUT2D eigenvalue weighted by Crippen LogP contribution is 2.30. The van der Waals surface area contributed by atoms with Crippen molar-refractivity contribution >= 4 is 28.6 Å². The summed E-state index contributed by atoms with van der Waals surface area (Å²) in [5.41, 5.74) is 2.74. The normalized spacial score (nSPS) is 15.0. The zero-order valence-electron chi connectivity index (χ0n) is 16.6. The molecular formula is C23H25ClN2O3. The zero-order valence-corrected chi connectivity index (χ0v) is 17.3. The second-order valence-corrected chi connectivity index (χ2v) is 7.97. The number of aromatic nitrogens is 1. The van der Waals surface area contributed by atoms with Crippen LogP contribution in [0, 0.1) is 6.92 Å². The molecule has 0 radical (unpaired) electrons. The minimum Gasteiger partial charge on any atom is -0.493 e. The second-order valence-electron chi connectivity index (χ2n) is 7.54. The maximum Gasteiger partial charge on any atom is 0.222 e. The van der Waals surface area contributed by atoms with E-state index in [-0.39, 0.29) is 11.8 Å². The van der Waals surface area contributed by atoms with Crippen molar-refractivity contribution in [1.29, 1.82) is 0 Å². The molecule has 2 heterocycles. The van der Waals surface area contributed by atoms with Crippen molar-refractivity contribution in [2.24, 2.45) is 0 Å². The number of carbonyl (C=O) groups is 1. The summed E-state index contributed by atoms with van der Waals surface area (Å²) < 4.78 is 11.7. The van der Waals surface area contributed by atoms with Crippen molar-refractivity contribution in [3.05, 3.63) is 58.9 Å². The third kappa shape index (κ3) is 4.73. The summed E-state index contributed by atoms with van der Waals surface area (Å²) >= 11 is 5.96. The molecule has 1 saturated heterocycles. The first-order valence-corrected chi connectivity index (χ1v) is 10.5. The molecule has 152 valence electrons. The number of likely N-dealkylation sites (tertiary alicyclic amines) is 1. The quantitative estimate of drug-likeness (QED) is 0.512. The third-order valence-corrected chi connectivity index (χ3v) is 5.67. The predicted octanol–water partition coefficient (Wildman–Crippen LogP) is 5.35. The minimum absolute atomic E-state index is 0.192. The van der Waals surface area contributed by atoms with Crippen LogP contribution in [-0.2, 0) is 4.79 Å². The summed E-state index contributed by atoms with van der Waals surface area (Å²) in [5, 5.41) is 0.700. The van der Waals surface area contributed by atoms with Crippen LogP contribution in [-0.4, -0.2) is 35.5 Å². The van der Waals surface area contributed by atoms with Crippen molar-refractivity contribution in [1.82, 2.24) is 9.88 Å². The van der Waals surface area contributed by atoms with Crippen molar-refractivity contribution in [3.63, 3.8) is 0 Å². The van der Waals surface area contributed by atoms with Gasteiger partial charge < -0.3 is 14.1 Å². The molecule has 1 amide bonds. The fraction of sp³-hybridized carbons (Fsp3) is 0.391. The number of oxazole rings is 1. The lowest BCUT2D eigenvalue weighted by molar-refractivity contribution is -0.132. The van der Waals surface area contributed by atoms with E-state index in [1.165, 1.54) is 0 Å². The van der Waals surface area contributed by atoms with E-state index < -0.39 is 0 Å². The molecule has 0 aliphatic carbocycles. The van der Waals surface area contributed by atoms with Gasteiger partial charge in [0.1, 0.15) is 11.3 Å². The fourth-order valence-corrected chi connectivity index (χ4v) is 4.01. The number of piperidine rings is 1. The number of amides is 1. The molecule has 29 heavy (non-hydrogen) atoms. The highest BCUT2D eigenvalue weighted by Gasteiger charge is 2.26. The zero-order chi connectivity index (χ0) is 20.2. The summed E-state index contributed by atoms with van der Waals surface area (Å²) in [6.07, 6.45) is 2.98. The summed E-state index contributed by atoms with van der Waals surface area (Å²) in [6.45, 7) is 3.99. The van der Waals surface area contributed by atoms with Gasteiger partial charge in [0.05, 0.1) is 6.61 Å². The second kappa shape index (κ2) is 8.87. The lowest BCUT2D eigenvalue weighted by Crippen LogP contribution is -2.38. The SMILES string of the molecule is Cc1cc(Cl)ccc1OCCCC(=O)N1CCC(c2nc3ccccc3o2)CC1. The van der Waals surface area contributed by atoms with E-state index in [9.17, 15) is 4.79 Å². The number of para-hydroxylation sites is 2. The van der Waals surface area contributed by atoms with Crippen LogP contribution in [0.2, 0.25) is 5.02 Å². The van der Waals surface area contributed by atoms with Crippen molar-refractivity contribution in [2.75, 3.05) is 19.7 Å². The van der Waals surface area contributed by atoms with Gasteiger partial charge >= 0.3 is 0 Å². The van der Waals surface area contributed by atoms with Crippen LogP contribution in [0.5, 0.6) is 5.75 Å². The Bertz CT molecular complexity index is 960. The Kier molecular flexibility index (Phi) is 6.05. The number of hydrogen-bond donors (Lipinski definition) is 0. The molecular weight excluding hydrogens is 388 g/mol. The molecule has 2 aromatic carbocycles.